The van der Waals surface area contributed by atoms with Gasteiger partial charge in [0, 0.05) is 11.6 Å². The first kappa shape index (κ1) is 13.4. The fourth-order valence-electron chi connectivity index (χ4n) is 1.63. The Labute approximate surface area is 113 Å². The fourth-order valence-corrected chi connectivity index (χ4v) is 2.40. The fraction of sp³-hybridized carbons (Fsp3) is 0.250. The Morgan fingerprint density at radius 1 is 1.58 bits per heavy atom. The number of anilines is 1. The van der Waals surface area contributed by atoms with Crippen LogP contribution in [0.15, 0.2) is 23.8 Å². The number of hydrogen-bond donors (Lipinski definition) is 2. The molecule has 2 aromatic rings. The molecule has 0 fully saturated rings. The van der Waals surface area contributed by atoms with Gasteiger partial charge in [0.1, 0.15) is 22.2 Å². The van der Waals surface area contributed by atoms with E-state index in [0.717, 1.165) is 17.3 Å². The van der Waals surface area contributed by atoms with Crippen LogP contribution in [0.25, 0.3) is 0 Å². The summed E-state index contributed by atoms with van der Waals surface area (Å²) in [4.78, 5) is 19.1. The molecule has 0 bridgehead atoms. The molecule has 1 atom stereocenters. The van der Waals surface area contributed by atoms with E-state index in [2.05, 4.69) is 15.3 Å². The number of nitrogens with zero attached hydrogens (tertiary/aromatic N) is 2. The normalized spacial score (nSPS) is 12.1. The first-order valence-corrected chi connectivity index (χ1v) is 6.54. The molecule has 2 aromatic heterocycles. The molecule has 0 aliphatic carbocycles. The lowest BCUT2D eigenvalue weighted by Crippen LogP contribution is -2.14. The number of pyridine rings is 1. The van der Waals surface area contributed by atoms with E-state index in [1.54, 1.807) is 6.20 Å². The van der Waals surface area contributed by atoms with Gasteiger partial charge in [-0.15, -0.1) is 11.3 Å². The van der Waals surface area contributed by atoms with Gasteiger partial charge in [0.15, 0.2) is 0 Å². The maximum atomic E-state index is 13.0. The van der Waals surface area contributed by atoms with Gasteiger partial charge in [0.05, 0.1) is 12.2 Å². The molecule has 2 N–H and O–H groups in total. The third-order valence-corrected chi connectivity index (χ3v) is 3.44. The van der Waals surface area contributed by atoms with E-state index < -0.39 is 11.8 Å². The maximum absolute atomic E-state index is 13.0. The monoisotopic (exact) mass is 281 g/mol. The largest absolute Gasteiger partial charge is 0.478 e. The van der Waals surface area contributed by atoms with Gasteiger partial charge in [0.2, 0.25) is 0 Å². The summed E-state index contributed by atoms with van der Waals surface area (Å²) in [6.45, 7) is 1.95. The van der Waals surface area contributed by atoms with E-state index in [1.165, 1.54) is 11.3 Å². The smallest absolute Gasteiger partial charge is 0.339 e. The SMILES string of the molecule is CCC(Nc1ncc(F)cc1C(=O)O)c1nccs1. The summed E-state index contributed by atoms with van der Waals surface area (Å²) in [5, 5.41) is 14.7. The zero-order valence-electron chi connectivity index (χ0n) is 10.1. The number of nitrogens with one attached hydrogen (secondary N) is 1. The number of thiazole rings is 1. The van der Waals surface area contributed by atoms with Gasteiger partial charge in [-0.05, 0) is 12.5 Å². The Morgan fingerprint density at radius 2 is 2.37 bits per heavy atom. The van der Waals surface area contributed by atoms with Crippen molar-refractivity contribution in [2.45, 2.75) is 19.4 Å². The highest BCUT2D eigenvalue weighted by Crippen LogP contribution is 2.25. The van der Waals surface area contributed by atoms with Crippen LogP contribution in [0.2, 0.25) is 0 Å². The summed E-state index contributed by atoms with van der Waals surface area (Å²) in [6, 6.07) is 0.808. The molecule has 0 saturated heterocycles. The van der Waals surface area contributed by atoms with Crippen LogP contribution in [0.4, 0.5) is 10.2 Å². The van der Waals surface area contributed by atoms with E-state index >= 15 is 0 Å². The Bertz CT molecular complexity index is 574. The van der Waals surface area contributed by atoms with Crippen molar-refractivity contribution in [2.75, 3.05) is 5.32 Å². The molecule has 0 aromatic carbocycles. The Balaban J connectivity index is 2.29. The number of carbonyl (C=O) groups is 1. The number of carboxylic acid groups (broad SMARTS) is 1. The number of carboxylic acids is 1. The van der Waals surface area contributed by atoms with Crippen molar-refractivity contribution < 1.29 is 14.3 Å². The van der Waals surface area contributed by atoms with Crippen molar-refractivity contribution in [3.05, 3.63) is 40.2 Å². The van der Waals surface area contributed by atoms with Crippen molar-refractivity contribution in [3.8, 4) is 0 Å². The molecule has 2 rings (SSSR count). The van der Waals surface area contributed by atoms with Crippen molar-refractivity contribution in [1.29, 1.82) is 0 Å². The van der Waals surface area contributed by atoms with Gasteiger partial charge in [-0.2, -0.15) is 0 Å². The number of aromatic carboxylic acids is 1. The van der Waals surface area contributed by atoms with Gasteiger partial charge in [-0.25, -0.2) is 19.2 Å². The first-order valence-electron chi connectivity index (χ1n) is 5.66. The van der Waals surface area contributed by atoms with Crippen molar-refractivity contribution >= 4 is 23.1 Å². The molecule has 100 valence electrons. The van der Waals surface area contributed by atoms with Gasteiger partial charge in [0.25, 0.3) is 0 Å². The lowest BCUT2D eigenvalue weighted by molar-refractivity contribution is 0.0697. The number of rotatable bonds is 5. The lowest BCUT2D eigenvalue weighted by Gasteiger charge is -2.16. The minimum Gasteiger partial charge on any atom is -0.478 e. The van der Waals surface area contributed by atoms with Crippen LogP contribution >= 0.6 is 11.3 Å². The van der Waals surface area contributed by atoms with Gasteiger partial charge in [-0.3, -0.25) is 0 Å². The molecule has 7 heteroatoms. The minimum absolute atomic E-state index is 0.143. The Kier molecular flexibility index (Phi) is 4.06. The van der Waals surface area contributed by atoms with Crippen molar-refractivity contribution in [2.24, 2.45) is 0 Å². The predicted molar refractivity (Wildman–Crippen MR) is 69.9 cm³/mol. The second-order valence-corrected chi connectivity index (χ2v) is 4.76. The third kappa shape index (κ3) is 3.05. The van der Waals surface area contributed by atoms with E-state index in [-0.39, 0.29) is 17.4 Å². The molecular formula is C12H12FN3O2S. The zero-order chi connectivity index (χ0) is 13.8. The molecule has 0 saturated carbocycles. The van der Waals surface area contributed by atoms with Crippen LogP contribution in [-0.2, 0) is 0 Å². The standard InChI is InChI=1S/C12H12FN3O2S/c1-2-9(11-14-3-4-19-11)16-10-8(12(17)18)5-7(13)6-15-10/h3-6,9H,2H2,1H3,(H,15,16)(H,17,18). The van der Waals surface area contributed by atoms with E-state index in [1.807, 2.05) is 12.3 Å². The van der Waals surface area contributed by atoms with E-state index in [0.29, 0.717) is 6.42 Å². The molecule has 0 amide bonds. The van der Waals surface area contributed by atoms with Crippen LogP contribution in [0, 0.1) is 5.82 Å². The van der Waals surface area contributed by atoms with Gasteiger partial charge < -0.3 is 10.4 Å². The van der Waals surface area contributed by atoms with Crippen LogP contribution in [0.1, 0.15) is 34.8 Å². The second-order valence-electron chi connectivity index (χ2n) is 3.83. The Hall–Kier alpha value is -2.02. The quantitative estimate of drug-likeness (QED) is 0.881. The van der Waals surface area contributed by atoms with Crippen LogP contribution < -0.4 is 5.32 Å². The molecule has 2 heterocycles. The van der Waals surface area contributed by atoms with Crippen molar-refractivity contribution in [3.63, 3.8) is 0 Å². The average molecular weight is 281 g/mol. The number of halogens is 1. The summed E-state index contributed by atoms with van der Waals surface area (Å²) in [5.74, 6) is -1.75. The molecule has 0 spiro atoms. The van der Waals surface area contributed by atoms with E-state index in [9.17, 15) is 9.18 Å². The second kappa shape index (κ2) is 5.75. The summed E-state index contributed by atoms with van der Waals surface area (Å²) >= 11 is 1.47. The summed E-state index contributed by atoms with van der Waals surface area (Å²) in [6.07, 6.45) is 3.38. The molecule has 0 aliphatic rings. The van der Waals surface area contributed by atoms with Gasteiger partial charge >= 0.3 is 5.97 Å². The van der Waals surface area contributed by atoms with Crippen molar-refractivity contribution in [1.82, 2.24) is 9.97 Å². The summed E-state index contributed by atoms with van der Waals surface area (Å²) in [7, 11) is 0. The highest BCUT2D eigenvalue weighted by atomic mass is 32.1. The topological polar surface area (TPSA) is 75.1 Å². The highest BCUT2D eigenvalue weighted by molar-refractivity contribution is 7.09. The molecule has 1 unspecified atom stereocenters. The summed E-state index contributed by atoms with van der Waals surface area (Å²) < 4.78 is 13.0. The van der Waals surface area contributed by atoms with Crippen LogP contribution in [0.3, 0.4) is 0 Å². The lowest BCUT2D eigenvalue weighted by atomic mass is 10.2. The summed E-state index contributed by atoms with van der Waals surface area (Å²) in [5.41, 5.74) is -0.185. The predicted octanol–water partition coefficient (Wildman–Crippen LogP) is 2.94. The van der Waals surface area contributed by atoms with Crippen LogP contribution in [-0.4, -0.2) is 21.0 Å². The van der Waals surface area contributed by atoms with Crippen LogP contribution in [0.5, 0.6) is 0 Å². The van der Waals surface area contributed by atoms with Gasteiger partial charge in [-0.1, -0.05) is 6.92 Å². The molecule has 19 heavy (non-hydrogen) atoms. The molecule has 0 aliphatic heterocycles. The molecule has 5 nitrogen and oxygen atoms in total. The number of hydrogen-bond acceptors (Lipinski definition) is 5. The molecular weight excluding hydrogens is 269 g/mol. The average Bonchev–Trinajstić information content (AvgIpc) is 2.90. The maximum Gasteiger partial charge on any atom is 0.339 e. The third-order valence-electron chi connectivity index (χ3n) is 2.55. The first-order chi connectivity index (χ1) is 9.11. The number of aromatic nitrogens is 2. The molecule has 0 radical (unpaired) electrons. The zero-order valence-corrected chi connectivity index (χ0v) is 10.9. The van der Waals surface area contributed by atoms with E-state index in [4.69, 9.17) is 5.11 Å². The highest BCUT2D eigenvalue weighted by Gasteiger charge is 2.18. The Morgan fingerprint density at radius 3 is 2.95 bits per heavy atom. The minimum atomic E-state index is -1.22.